The third-order valence-electron chi connectivity index (χ3n) is 23.0. The molecular formula is C110H98F6N20O8. The van der Waals surface area contributed by atoms with Crippen LogP contribution in [0.15, 0.2) is 332 Å². The Morgan fingerprint density at radius 3 is 1.27 bits per heavy atom. The molecule has 0 saturated heterocycles. The van der Waals surface area contributed by atoms with Crippen molar-refractivity contribution >= 4 is 0 Å². The minimum absolute atomic E-state index is 0.0203. The maximum Gasteiger partial charge on any atom is 0.417 e. The first-order valence-corrected chi connectivity index (χ1v) is 46.6. The normalized spacial score (nSPS) is 12.1. The molecule has 20 aromatic rings. The van der Waals surface area contributed by atoms with Crippen LogP contribution in [0.4, 0.5) is 26.3 Å². The summed E-state index contributed by atoms with van der Waals surface area (Å²) in [5, 5.41) is 28.3. The number of alkyl halides is 6. The summed E-state index contributed by atoms with van der Waals surface area (Å²) in [7, 11) is 0. The average molecular weight is 1940 g/mol. The zero-order valence-corrected chi connectivity index (χ0v) is 79.9. The highest BCUT2D eigenvalue weighted by molar-refractivity contribution is 5.75. The summed E-state index contributed by atoms with van der Waals surface area (Å²) >= 11 is 0. The molecule has 1 aliphatic carbocycles. The second-order valence-electron chi connectivity index (χ2n) is 33.7. The lowest BCUT2D eigenvalue weighted by atomic mass is 9.84. The molecule has 7 aromatic carbocycles. The summed E-state index contributed by atoms with van der Waals surface area (Å²) in [5.74, 6) is 7.81. The van der Waals surface area contributed by atoms with Gasteiger partial charge in [0.2, 0.25) is 40.8 Å². The van der Waals surface area contributed by atoms with Gasteiger partial charge in [0.25, 0.3) is 29.5 Å². The van der Waals surface area contributed by atoms with E-state index in [1.54, 1.807) is 165 Å². The highest BCUT2D eigenvalue weighted by Gasteiger charge is 2.37. The maximum absolute atomic E-state index is 13.7. The zero-order chi connectivity index (χ0) is 100. The van der Waals surface area contributed by atoms with E-state index >= 15 is 0 Å². The molecule has 21 rings (SSSR count). The number of rotatable bonds is 23. The molecule has 0 aliphatic heterocycles. The van der Waals surface area contributed by atoms with Crippen LogP contribution >= 0.6 is 0 Å². The van der Waals surface area contributed by atoms with E-state index in [0.717, 1.165) is 81.0 Å². The molecule has 28 nitrogen and oxygen atoms in total. The van der Waals surface area contributed by atoms with Crippen LogP contribution < -0.4 is 9.47 Å². The summed E-state index contributed by atoms with van der Waals surface area (Å²) in [6.45, 7) is 20.1. The Morgan fingerprint density at radius 1 is 0.361 bits per heavy atom. The largest absolute Gasteiger partial charge is 0.490 e. The highest BCUT2D eigenvalue weighted by atomic mass is 19.4. The van der Waals surface area contributed by atoms with Crippen molar-refractivity contribution in [2.45, 2.75) is 132 Å². The summed E-state index contributed by atoms with van der Waals surface area (Å²) < 4.78 is 127. The molecule has 0 N–H and O–H groups in total. The fourth-order valence-corrected chi connectivity index (χ4v) is 15.8. The van der Waals surface area contributed by atoms with E-state index in [4.69, 9.17) is 36.6 Å². The summed E-state index contributed by atoms with van der Waals surface area (Å²) in [6, 6.07) is 67.9. The predicted molar refractivity (Wildman–Crippen MR) is 530 cm³/mol. The van der Waals surface area contributed by atoms with Crippen molar-refractivity contribution in [3.63, 3.8) is 0 Å². The molecule has 0 amide bonds. The minimum atomic E-state index is -4.52. The quantitative estimate of drug-likeness (QED) is 0.0537. The first-order chi connectivity index (χ1) is 70.0. The van der Waals surface area contributed by atoms with Gasteiger partial charge in [-0.2, -0.15) is 61.3 Å². The lowest BCUT2D eigenvalue weighted by molar-refractivity contribution is -0.137. The van der Waals surface area contributed by atoms with Crippen molar-refractivity contribution in [2.24, 2.45) is 5.92 Å². The van der Waals surface area contributed by atoms with Gasteiger partial charge in [-0.05, 0) is 251 Å². The lowest BCUT2D eigenvalue weighted by Gasteiger charge is -2.21. The number of ether oxygens (including phenoxy) is 2. The fraction of sp³-hybridized carbons (Fsp3) is 0.209. The second-order valence-corrected chi connectivity index (χ2v) is 33.7. The Balaban J connectivity index is 0.000000124. The van der Waals surface area contributed by atoms with Gasteiger partial charge in [-0.1, -0.05) is 173 Å². The molecule has 1 saturated carbocycles. The van der Waals surface area contributed by atoms with E-state index < -0.39 is 23.5 Å². The van der Waals surface area contributed by atoms with Crippen LogP contribution in [0.3, 0.4) is 0 Å². The highest BCUT2D eigenvalue weighted by Crippen LogP contribution is 2.44. The van der Waals surface area contributed by atoms with E-state index in [0.29, 0.717) is 111 Å². The van der Waals surface area contributed by atoms with Gasteiger partial charge >= 0.3 is 12.4 Å². The van der Waals surface area contributed by atoms with Crippen molar-refractivity contribution in [1.82, 2.24) is 101 Å². The van der Waals surface area contributed by atoms with Gasteiger partial charge < -0.3 is 36.6 Å². The summed E-state index contributed by atoms with van der Waals surface area (Å²) in [6.07, 6.45) is 19.0. The van der Waals surface area contributed by atoms with Gasteiger partial charge in [-0.3, -0.25) is 34.6 Å². The fourth-order valence-electron chi connectivity index (χ4n) is 15.8. The Labute approximate surface area is 824 Å². The molecule has 1 aliphatic rings. The first kappa shape index (κ1) is 99.7. The molecule has 0 radical (unpaired) electrons. The Hall–Kier alpha value is -17.3. The van der Waals surface area contributed by atoms with Gasteiger partial charge in [-0.25, -0.2) is 0 Å². The zero-order valence-electron chi connectivity index (χ0n) is 79.9. The average Bonchev–Trinajstić information content (AvgIpc) is 1.11. The van der Waals surface area contributed by atoms with Crippen LogP contribution in [0.5, 0.6) is 11.5 Å². The molecular weight excluding hydrogens is 1840 g/mol. The number of hydrogen-bond donors (Lipinski definition) is 0. The third-order valence-corrected chi connectivity index (χ3v) is 23.0. The van der Waals surface area contributed by atoms with Crippen LogP contribution in [-0.4, -0.2) is 114 Å². The summed E-state index contributed by atoms with van der Waals surface area (Å²) in [5.41, 5.74) is 14.3. The van der Waals surface area contributed by atoms with Crippen molar-refractivity contribution in [3.05, 3.63) is 355 Å². The Kier molecular flexibility index (Phi) is 32.6. The number of nitrogens with zero attached hydrogens (tertiary/aromatic N) is 20. The van der Waals surface area contributed by atoms with E-state index in [1.165, 1.54) is 60.9 Å². The first-order valence-electron chi connectivity index (χ1n) is 46.6. The smallest absolute Gasteiger partial charge is 0.417 e. The van der Waals surface area contributed by atoms with Crippen LogP contribution in [0.1, 0.15) is 136 Å². The molecule has 1 unspecified atom stereocenters. The van der Waals surface area contributed by atoms with Gasteiger partial charge in [0.15, 0.2) is 11.5 Å². The van der Waals surface area contributed by atoms with Gasteiger partial charge in [0.1, 0.15) is 5.69 Å². The predicted octanol–water partition coefficient (Wildman–Crippen LogP) is 26.8. The number of pyridine rings is 6. The number of aryl methyl sites for hydroxylation is 4. The monoisotopic (exact) mass is 1940 g/mol. The number of halogens is 6. The van der Waals surface area contributed by atoms with Crippen molar-refractivity contribution in [3.8, 4) is 159 Å². The van der Waals surface area contributed by atoms with E-state index in [9.17, 15) is 26.3 Å². The van der Waals surface area contributed by atoms with Crippen LogP contribution in [0.2, 0.25) is 0 Å². The number of benzene rings is 7. The van der Waals surface area contributed by atoms with Crippen molar-refractivity contribution < 1.29 is 63.0 Å². The van der Waals surface area contributed by atoms with Crippen LogP contribution in [0, 0.1) is 26.7 Å². The Morgan fingerprint density at radius 2 is 0.792 bits per heavy atom. The number of hydrogen-bond acceptors (Lipinski definition) is 27. The van der Waals surface area contributed by atoms with Crippen LogP contribution in [-0.2, 0) is 25.3 Å². The Bertz CT molecular complexity index is 7490. The lowest BCUT2D eigenvalue weighted by Crippen LogP contribution is -2.07. The molecule has 144 heavy (non-hydrogen) atoms. The molecule has 728 valence electrons. The van der Waals surface area contributed by atoms with E-state index in [2.05, 4.69) is 165 Å². The van der Waals surface area contributed by atoms with Gasteiger partial charge in [0.05, 0.1) is 36.0 Å². The SMILES string of the molecule is CC(C)Cc1ccc(C(C)c2nc(-c3ccncc3)no2)cc1.CCOc1ccc(-c2nc(-c3cncc(C)c3)no2)cc1OCC.CCn1nc(C)cc1-c1nc(-c2ccncc2)no1.Cc1cnccc1-c1noc(-c2ccc(-c3ccccc3)c(C(F)(F)F)c2)n1.FC(F)(F)c1cc(-c2nc(-c3ccncc3)no2)ccc1-c1ccccc1.c1cc(-c2noc(-c3ccc(C4CCCCC4)cc3)n2)ccn1. The molecule has 0 bridgehead atoms. The van der Waals surface area contributed by atoms with E-state index in [1.807, 2.05) is 113 Å². The number of aromatic nitrogens is 20. The molecule has 1 fully saturated rings. The molecule has 13 heterocycles. The second kappa shape index (κ2) is 47.1. The molecule has 34 heteroatoms. The van der Waals surface area contributed by atoms with Gasteiger partial charge in [0, 0.05) is 137 Å². The molecule has 1 atom stereocenters. The molecule has 0 spiro atoms. The third kappa shape index (κ3) is 25.6. The van der Waals surface area contributed by atoms with Gasteiger partial charge in [-0.15, -0.1) is 0 Å². The minimum Gasteiger partial charge on any atom is -0.490 e. The van der Waals surface area contributed by atoms with E-state index in [-0.39, 0.29) is 45.8 Å². The maximum atomic E-state index is 13.7. The van der Waals surface area contributed by atoms with Crippen molar-refractivity contribution in [2.75, 3.05) is 13.2 Å². The standard InChI is InChI=1S/C21H14F3N3O.C20H12F3N3O.C19H19N3O.C19H21N3O.C18H19N3O3.C13H13N5O/c1-13-12-25-10-9-16(13)19-26-20(28-27-19)15-7-8-17(14-5-3-2-4-6-14)18(11-15)21(22,23)24;21-20(22,23)17-12-15(6-7-16(17)13-4-2-1-3-5-13)19-25-18(26-27-19)14-8-10-24-11-9-14;1-2-4-14(5-3-1)15-6-8-17(9-7-15)19-21-18(22-23-19)16-10-12-20-13-11-16;1-13(2)12-15-4-6-16(7-5-15)14(3)19-21-18(22-23-19)17-8-10-20-11-9-17;1-4-22-15-7-6-13(9-16(15)23-5-2)18-20-17(21-24-18)14-8-12(3)10-19-11-14;1-3-18-11(8-9(2)16-18)13-15-12(17-19-13)10-4-6-14-7-5-10/h2-12H,1H3;1-12H;6-14H,1-5H2;4-11,13-14H,12H2,1-3H3;6-11H,4-5H2,1-3H3;4-8H,3H2,1-2H3. The van der Waals surface area contributed by atoms with Crippen molar-refractivity contribution in [1.29, 1.82) is 0 Å². The summed E-state index contributed by atoms with van der Waals surface area (Å²) in [4.78, 5) is 50.4. The molecule has 13 aromatic heterocycles. The van der Waals surface area contributed by atoms with Crippen LogP contribution in [0.25, 0.3) is 148 Å². The topological polar surface area (TPSA) is 347 Å².